The maximum Gasteiger partial charge on any atom is 0.227 e. The van der Waals surface area contributed by atoms with Crippen molar-refractivity contribution in [2.75, 3.05) is 32.7 Å². The summed E-state index contributed by atoms with van der Waals surface area (Å²) in [6.45, 7) is 6.66. The van der Waals surface area contributed by atoms with E-state index in [0.717, 1.165) is 45.6 Å². The van der Waals surface area contributed by atoms with E-state index in [1.807, 2.05) is 35.9 Å². The summed E-state index contributed by atoms with van der Waals surface area (Å²) < 4.78 is 1.82. The minimum atomic E-state index is -0.375. The lowest BCUT2D eigenvalue weighted by atomic mass is 9.74. The number of hydrogen-bond donors (Lipinski definition) is 1. The number of fused-ring (bicyclic) bond motifs is 1. The number of carbonyl (C=O) groups excluding carboxylic acids is 2. The Morgan fingerprint density at radius 1 is 1.32 bits per heavy atom. The molecule has 3 heterocycles. The summed E-state index contributed by atoms with van der Waals surface area (Å²) in [6, 6.07) is 0. The topological polar surface area (TPSA) is 70.5 Å². The van der Waals surface area contributed by atoms with Gasteiger partial charge in [-0.15, -0.1) is 0 Å². The molecule has 0 spiro atoms. The van der Waals surface area contributed by atoms with Crippen molar-refractivity contribution in [3.8, 4) is 0 Å². The van der Waals surface area contributed by atoms with E-state index in [1.54, 1.807) is 0 Å². The molecular formula is C21H33N5O2. The summed E-state index contributed by atoms with van der Waals surface area (Å²) >= 11 is 0. The van der Waals surface area contributed by atoms with Crippen molar-refractivity contribution in [1.29, 1.82) is 0 Å². The number of rotatable bonds is 6. The van der Waals surface area contributed by atoms with Gasteiger partial charge in [0.1, 0.15) is 0 Å². The van der Waals surface area contributed by atoms with Crippen LogP contribution in [0.25, 0.3) is 0 Å². The number of likely N-dealkylation sites (tertiary alicyclic amines) is 2. The van der Waals surface area contributed by atoms with Gasteiger partial charge in [-0.2, -0.15) is 5.10 Å². The number of aryl methyl sites for hydroxylation is 1. The molecule has 1 saturated carbocycles. The van der Waals surface area contributed by atoms with Gasteiger partial charge in [0.15, 0.2) is 0 Å². The van der Waals surface area contributed by atoms with Gasteiger partial charge in [-0.3, -0.25) is 19.2 Å². The Bertz CT molecular complexity index is 728. The fraction of sp³-hybridized carbons (Fsp3) is 0.762. The average Bonchev–Trinajstić information content (AvgIpc) is 3.38. The summed E-state index contributed by atoms with van der Waals surface area (Å²) in [4.78, 5) is 30.1. The number of amides is 2. The van der Waals surface area contributed by atoms with Gasteiger partial charge >= 0.3 is 0 Å². The second-order valence-electron chi connectivity index (χ2n) is 9.00. The molecule has 0 aromatic carbocycles. The summed E-state index contributed by atoms with van der Waals surface area (Å²) in [7, 11) is 1.93. The zero-order valence-electron chi connectivity index (χ0n) is 17.2. The molecule has 3 aliphatic rings. The third kappa shape index (κ3) is 3.95. The monoisotopic (exact) mass is 387 g/mol. The lowest BCUT2D eigenvalue weighted by Crippen LogP contribution is -2.48. The third-order valence-corrected chi connectivity index (χ3v) is 6.78. The highest BCUT2D eigenvalue weighted by Gasteiger charge is 2.53. The predicted molar refractivity (Wildman–Crippen MR) is 106 cm³/mol. The van der Waals surface area contributed by atoms with Gasteiger partial charge in [0, 0.05) is 70.4 Å². The highest BCUT2D eigenvalue weighted by Crippen LogP contribution is 2.43. The summed E-state index contributed by atoms with van der Waals surface area (Å²) in [5.74, 6) is 1.29. The second kappa shape index (κ2) is 7.85. The van der Waals surface area contributed by atoms with Crippen molar-refractivity contribution in [3.05, 3.63) is 18.0 Å². The van der Waals surface area contributed by atoms with Crippen LogP contribution < -0.4 is 5.32 Å². The van der Waals surface area contributed by atoms with Crippen molar-refractivity contribution in [2.24, 2.45) is 24.3 Å². The lowest BCUT2D eigenvalue weighted by Gasteiger charge is -2.32. The molecule has 0 radical (unpaired) electrons. The molecule has 2 saturated heterocycles. The van der Waals surface area contributed by atoms with Crippen LogP contribution in [0.4, 0.5) is 0 Å². The highest BCUT2D eigenvalue weighted by molar-refractivity contribution is 5.84. The van der Waals surface area contributed by atoms with Gasteiger partial charge in [-0.05, 0) is 31.6 Å². The summed E-state index contributed by atoms with van der Waals surface area (Å²) in [6.07, 6.45) is 8.73. The summed E-state index contributed by atoms with van der Waals surface area (Å²) in [5.41, 5.74) is 0.800. The van der Waals surface area contributed by atoms with Gasteiger partial charge in [0.25, 0.3) is 0 Å². The maximum atomic E-state index is 13.4. The zero-order chi connectivity index (χ0) is 19.7. The molecule has 0 unspecified atom stereocenters. The number of carbonyl (C=O) groups is 2. The first-order valence-electron chi connectivity index (χ1n) is 10.8. The molecule has 7 heteroatoms. The molecule has 1 aromatic heterocycles. The summed E-state index contributed by atoms with van der Waals surface area (Å²) in [5, 5.41) is 7.54. The molecule has 7 nitrogen and oxygen atoms in total. The Kier molecular flexibility index (Phi) is 5.45. The van der Waals surface area contributed by atoms with Crippen molar-refractivity contribution in [1.82, 2.24) is 24.9 Å². The lowest BCUT2D eigenvalue weighted by molar-refractivity contribution is -0.135. The zero-order valence-corrected chi connectivity index (χ0v) is 17.2. The van der Waals surface area contributed by atoms with Crippen molar-refractivity contribution < 1.29 is 9.59 Å². The van der Waals surface area contributed by atoms with E-state index >= 15 is 0 Å². The van der Waals surface area contributed by atoms with Gasteiger partial charge in [-0.1, -0.05) is 6.92 Å². The van der Waals surface area contributed by atoms with Crippen LogP contribution in [0.2, 0.25) is 0 Å². The Hall–Kier alpha value is -1.89. The molecule has 4 rings (SSSR count). The number of nitrogens with one attached hydrogen (secondary N) is 1. The van der Waals surface area contributed by atoms with Crippen LogP contribution in [0.1, 0.15) is 44.6 Å². The minimum Gasteiger partial charge on any atom is -0.355 e. The molecule has 2 aliphatic heterocycles. The van der Waals surface area contributed by atoms with Crippen molar-refractivity contribution >= 4 is 11.8 Å². The first kappa shape index (κ1) is 19.4. The fourth-order valence-corrected chi connectivity index (χ4v) is 5.03. The van der Waals surface area contributed by atoms with E-state index in [2.05, 4.69) is 15.3 Å². The van der Waals surface area contributed by atoms with Crippen LogP contribution in [0, 0.1) is 17.3 Å². The Morgan fingerprint density at radius 3 is 2.82 bits per heavy atom. The SMILES string of the molecule is CCC(=O)N1CCC[C@@]2(C(=O)NCC3CC3)CN(Cc3cnn(C)c3)C[C@H]2C1. The average molecular weight is 388 g/mol. The van der Waals surface area contributed by atoms with Crippen LogP contribution in [-0.4, -0.2) is 64.1 Å². The van der Waals surface area contributed by atoms with E-state index in [9.17, 15) is 9.59 Å². The molecule has 2 atom stereocenters. The quantitative estimate of drug-likeness (QED) is 0.801. The molecule has 154 valence electrons. The molecule has 0 bridgehead atoms. The molecular weight excluding hydrogens is 354 g/mol. The van der Waals surface area contributed by atoms with Crippen LogP contribution >= 0.6 is 0 Å². The van der Waals surface area contributed by atoms with Crippen LogP contribution in [0.3, 0.4) is 0 Å². The number of aromatic nitrogens is 2. The Balaban J connectivity index is 1.52. The Morgan fingerprint density at radius 2 is 2.14 bits per heavy atom. The normalized spacial score (nSPS) is 28.1. The molecule has 1 aliphatic carbocycles. The number of nitrogens with zero attached hydrogens (tertiary/aromatic N) is 4. The van der Waals surface area contributed by atoms with Crippen LogP contribution in [0.5, 0.6) is 0 Å². The van der Waals surface area contributed by atoms with Crippen molar-refractivity contribution in [3.63, 3.8) is 0 Å². The fourth-order valence-electron chi connectivity index (χ4n) is 5.03. The van der Waals surface area contributed by atoms with Gasteiger partial charge in [-0.25, -0.2) is 0 Å². The van der Waals surface area contributed by atoms with Crippen molar-refractivity contribution in [2.45, 2.75) is 45.6 Å². The number of hydrogen-bond acceptors (Lipinski definition) is 4. The molecule has 2 amide bonds. The van der Waals surface area contributed by atoms with Crippen LogP contribution in [0.15, 0.2) is 12.4 Å². The van der Waals surface area contributed by atoms with E-state index in [4.69, 9.17) is 0 Å². The van der Waals surface area contributed by atoms with Gasteiger partial charge < -0.3 is 10.2 Å². The first-order chi connectivity index (χ1) is 13.5. The molecule has 28 heavy (non-hydrogen) atoms. The smallest absolute Gasteiger partial charge is 0.227 e. The van der Waals surface area contributed by atoms with Crippen LogP contribution in [-0.2, 0) is 23.2 Å². The van der Waals surface area contributed by atoms with E-state index in [0.29, 0.717) is 18.9 Å². The molecule has 1 N–H and O–H groups in total. The standard InChI is InChI=1S/C21H33N5O2/c1-3-19(27)26-8-4-7-21(20(28)22-9-16-5-6-16)15-25(13-18(21)14-26)12-17-10-23-24(2)11-17/h10-11,16,18H,3-9,12-15H2,1-2H3,(H,22,28)/t18-,21+/m0/s1. The predicted octanol–water partition coefficient (Wildman–Crippen LogP) is 1.40. The minimum absolute atomic E-state index is 0.196. The van der Waals surface area contributed by atoms with E-state index < -0.39 is 0 Å². The Labute approximate surface area is 167 Å². The highest BCUT2D eigenvalue weighted by atomic mass is 16.2. The third-order valence-electron chi connectivity index (χ3n) is 6.78. The van der Waals surface area contributed by atoms with Gasteiger partial charge in [0.2, 0.25) is 11.8 Å². The molecule has 1 aromatic rings. The first-order valence-corrected chi connectivity index (χ1v) is 10.8. The molecule has 3 fully saturated rings. The van der Waals surface area contributed by atoms with E-state index in [-0.39, 0.29) is 23.1 Å². The maximum absolute atomic E-state index is 13.4. The van der Waals surface area contributed by atoms with Gasteiger partial charge in [0.05, 0.1) is 11.6 Å². The largest absolute Gasteiger partial charge is 0.355 e. The second-order valence-corrected chi connectivity index (χ2v) is 9.00. The van der Waals surface area contributed by atoms with E-state index in [1.165, 1.54) is 18.4 Å².